The molecule has 3 rings (SSSR count). The summed E-state index contributed by atoms with van der Waals surface area (Å²) in [6.45, 7) is 3.98. The third kappa shape index (κ3) is 2.72. The lowest BCUT2D eigenvalue weighted by molar-refractivity contribution is 0.462. The molecule has 1 saturated carbocycles. The van der Waals surface area contributed by atoms with Gasteiger partial charge in [-0.1, -0.05) is 18.0 Å². The second-order valence-electron chi connectivity index (χ2n) is 5.77. The number of hydrogen-bond acceptors (Lipinski definition) is 3. The lowest BCUT2D eigenvalue weighted by Gasteiger charge is -2.34. The largest absolute Gasteiger partial charge is 0.368 e. The molecular weight excluding hydrogens is 282 g/mol. The molecule has 1 fully saturated rings. The lowest BCUT2D eigenvalue weighted by Crippen LogP contribution is -2.40. The lowest BCUT2D eigenvalue weighted by atomic mass is 10.0. The number of aromatic nitrogens is 1. The first-order valence-corrected chi connectivity index (χ1v) is 8.13. The summed E-state index contributed by atoms with van der Waals surface area (Å²) < 4.78 is 0. The SMILES string of the molecule is CCN(c1ccnc2cc(Cl)ccc12)C1CCCC1CN. The summed E-state index contributed by atoms with van der Waals surface area (Å²) in [7, 11) is 0. The maximum Gasteiger partial charge on any atom is 0.0737 e. The molecule has 0 spiro atoms. The minimum Gasteiger partial charge on any atom is -0.368 e. The van der Waals surface area contributed by atoms with Crippen LogP contribution in [0, 0.1) is 5.92 Å². The number of rotatable bonds is 4. The maximum absolute atomic E-state index is 6.09. The number of pyridine rings is 1. The van der Waals surface area contributed by atoms with E-state index in [4.69, 9.17) is 17.3 Å². The van der Waals surface area contributed by atoms with Gasteiger partial charge in [0, 0.05) is 34.9 Å². The molecule has 0 aliphatic heterocycles. The quantitative estimate of drug-likeness (QED) is 0.933. The highest BCUT2D eigenvalue weighted by Gasteiger charge is 2.31. The highest BCUT2D eigenvalue weighted by Crippen LogP contribution is 2.35. The third-order valence-corrected chi connectivity index (χ3v) is 4.89. The molecule has 21 heavy (non-hydrogen) atoms. The summed E-state index contributed by atoms with van der Waals surface area (Å²) in [5, 5.41) is 1.90. The number of nitrogens with zero attached hydrogens (tertiary/aromatic N) is 2. The first-order chi connectivity index (χ1) is 10.2. The Kier molecular flexibility index (Phi) is 4.32. The number of anilines is 1. The summed E-state index contributed by atoms with van der Waals surface area (Å²) >= 11 is 6.09. The Bertz CT molecular complexity index is 628. The molecule has 0 amide bonds. The Hall–Kier alpha value is -1.32. The Labute approximate surface area is 131 Å². The average molecular weight is 304 g/mol. The predicted octanol–water partition coefficient (Wildman–Crippen LogP) is 3.84. The highest BCUT2D eigenvalue weighted by molar-refractivity contribution is 6.31. The van der Waals surface area contributed by atoms with Crippen molar-refractivity contribution in [1.82, 2.24) is 4.98 Å². The summed E-state index contributed by atoms with van der Waals surface area (Å²) in [6.07, 6.45) is 5.63. The van der Waals surface area contributed by atoms with E-state index in [-0.39, 0.29) is 0 Å². The van der Waals surface area contributed by atoms with Crippen LogP contribution in [0.15, 0.2) is 30.5 Å². The fraction of sp³-hybridized carbons (Fsp3) is 0.471. The second kappa shape index (κ2) is 6.20. The van der Waals surface area contributed by atoms with Gasteiger partial charge in [0.15, 0.2) is 0 Å². The smallest absolute Gasteiger partial charge is 0.0737 e. The standard InChI is InChI=1S/C17H22ClN3/c1-2-21(16-5-3-4-12(16)11-19)17-8-9-20-15-10-13(18)6-7-14(15)17/h6-10,12,16H,2-5,11,19H2,1H3. The van der Waals surface area contributed by atoms with Gasteiger partial charge in [-0.2, -0.15) is 0 Å². The molecule has 1 aromatic carbocycles. The van der Waals surface area contributed by atoms with Gasteiger partial charge in [-0.15, -0.1) is 0 Å². The van der Waals surface area contributed by atoms with E-state index in [2.05, 4.69) is 28.9 Å². The van der Waals surface area contributed by atoms with Crippen molar-refractivity contribution in [3.63, 3.8) is 0 Å². The zero-order valence-corrected chi connectivity index (χ0v) is 13.2. The van der Waals surface area contributed by atoms with Crippen molar-refractivity contribution in [1.29, 1.82) is 0 Å². The topological polar surface area (TPSA) is 42.2 Å². The van der Waals surface area contributed by atoms with Crippen LogP contribution in [0.4, 0.5) is 5.69 Å². The van der Waals surface area contributed by atoms with Crippen LogP contribution < -0.4 is 10.6 Å². The molecule has 0 radical (unpaired) electrons. The third-order valence-electron chi connectivity index (χ3n) is 4.65. The normalized spacial score (nSPS) is 21.9. The van der Waals surface area contributed by atoms with Crippen molar-refractivity contribution in [3.05, 3.63) is 35.5 Å². The zero-order valence-electron chi connectivity index (χ0n) is 12.4. The van der Waals surface area contributed by atoms with Crippen LogP contribution in [-0.2, 0) is 0 Å². The van der Waals surface area contributed by atoms with E-state index >= 15 is 0 Å². The Morgan fingerprint density at radius 3 is 2.95 bits per heavy atom. The number of hydrogen-bond donors (Lipinski definition) is 1. The highest BCUT2D eigenvalue weighted by atomic mass is 35.5. The van der Waals surface area contributed by atoms with Gasteiger partial charge in [0.25, 0.3) is 0 Å². The summed E-state index contributed by atoms with van der Waals surface area (Å²) in [5.41, 5.74) is 8.18. The van der Waals surface area contributed by atoms with Gasteiger partial charge in [-0.3, -0.25) is 4.98 Å². The van der Waals surface area contributed by atoms with Crippen molar-refractivity contribution >= 4 is 28.2 Å². The number of nitrogens with two attached hydrogens (primary N) is 1. The van der Waals surface area contributed by atoms with E-state index in [9.17, 15) is 0 Å². The van der Waals surface area contributed by atoms with Gasteiger partial charge in [0.2, 0.25) is 0 Å². The number of halogens is 1. The van der Waals surface area contributed by atoms with Gasteiger partial charge in [0.1, 0.15) is 0 Å². The van der Waals surface area contributed by atoms with Gasteiger partial charge < -0.3 is 10.6 Å². The molecule has 2 unspecified atom stereocenters. The number of benzene rings is 1. The monoisotopic (exact) mass is 303 g/mol. The molecule has 1 heterocycles. The van der Waals surface area contributed by atoms with Gasteiger partial charge in [-0.05, 0) is 56.5 Å². The summed E-state index contributed by atoms with van der Waals surface area (Å²) in [6, 6.07) is 8.61. The molecule has 0 saturated heterocycles. The fourth-order valence-electron chi connectivity index (χ4n) is 3.64. The van der Waals surface area contributed by atoms with E-state index in [1.54, 1.807) is 0 Å². The van der Waals surface area contributed by atoms with Crippen LogP contribution >= 0.6 is 11.6 Å². The minimum atomic E-state index is 0.543. The van der Waals surface area contributed by atoms with E-state index in [0.29, 0.717) is 12.0 Å². The van der Waals surface area contributed by atoms with Crippen LogP contribution in [-0.4, -0.2) is 24.1 Å². The molecule has 0 bridgehead atoms. The summed E-state index contributed by atoms with van der Waals surface area (Å²) in [5.74, 6) is 0.598. The van der Waals surface area contributed by atoms with E-state index in [1.807, 2.05) is 18.3 Å². The first-order valence-electron chi connectivity index (χ1n) is 7.75. The van der Waals surface area contributed by atoms with Crippen LogP contribution in [0.3, 0.4) is 0 Å². The van der Waals surface area contributed by atoms with Crippen molar-refractivity contribution < 1.29 is 0 Å². The van der Waals surface area contributed by atoms with Gasteiger partial charge >= 0.3 is 0 Å². The second-order valence-corrected chi connectivity index (χ2v) is 6.21. The Morgan fingerprint density at radius 1 is 1.33 bits per heavy atom. The molecule has 1 aromatic heterocycles. The Balaban J connectivity index is 2.04. The summed E-state index contributed by atoms with van der Waals surface area (Å²) in [4.78, 5) is 6.95. The van der Waals surface area contributed by atoms with Crippen molar-refractivity contribution in [2.45, 2.75) is 32.2 Å². The Morgan fingerprint density at radius 2 is 2.19 bits per heavy atom. The molecular formula is C17H22ClN3. The zero-order chi connectivity index (χ0) is 14.8. The predicted molar refractivity (Wildman–Crippen MR) is 90.0 cm³/mol. The molecule has 1 aliphatic rings. The van der Waals surface area contributed by atoms with E-state index in [1.165, 1.54) is 30.3 Å². The number of fused-ring (bicyclic) bond motifs is 1. The minimum absolute atomic E-state index is 0.543. The van der Waals surface area contributed by atoms with Crippen LogP contribution in [0.1, 0.15) is 26.2 Å². The van der Waals surface area contributed by atoms with Crippen molar-refractivity contribution in [3.8, 4) is 0 Å². The van der Waals surface area contributed by atoms with Crippen molar-refractivity contribution in [2.75, 3.05) is 18.0 Å². The molecule has 3 nitrogen and oxygen atoms in total. The average Bonchev–Trinajstić information content (AvgIpc) is 2.96. The van der Waals surface area contributed by atoms with Gasteiger partial charge in [0.05, 0.1) is 5.52 Å². The van der Waals surface area contributed by atoms with E-state index < -0.39 is 0 Å². The van der Waals surface area contributed by atoms with Crippen LogP contribution in [0.2, 0.25) is 5.02 Å². The molecule has 4 heteroatoms. The van der Waals surface area contributed by atoms with Crippen LogP contribution in [0.5, 0.6) is 0 Å². The van der Waals surface area contributed by atoms with E-state index in [0.717, 1.165) is 23.6 Å². The maximum atomic E-state index is 6.09. The van der Waals surface area contributed by atoms with Gasteiger partial charge in [-0.25, -0.2) is 0 Å². The molecule has 2 atom stereocenters. The van der Waals surface area contributed by atoms with Crippen molar-refractivity contribution in [2.24, 2.45) is 11.7 Å². The fourth-order valence-corrected chi connectivity index (χ4v) is 3.81. The molecule has 112 valence electrons. The molecule has 2 aromatic rings. The van der Waals surface area contributed by atoms with Crippen LogP contribution in [0.25, 0.3) is 10.9 Å². The molecule has 2 N–H and O–H groups in total. The first kappa shape index (κ1) is 14.6. The molecule has 1 aliphatic carbocycles.